The maximum Gasteiger partial charge on any atom is 0.337 e. The van der Waals surface area contributed by atoms with Crippen LogP contribution in [0.5, 0.6) is 0 Å². The summed E-state index contributed by atoms with van der Waals surface area (Å²) in [6.07, 6.45) is 0. The Morgan fingerprint density at radius 1 is 1.23 bits per heavy atom. The highest BCUT2D eigenvalue weighted by Crippen LogP contribution is 2.35. The van der Waals surface area contributed by atoms with E-state index >= 15 is 0 Å². The van der Waals surface area contributed by atoms with Gasteiger partial charge >= 0.3 is 11.9 Å². The molecule has 1 atom stereocenters. The number of rotatable bonds is 2. The summed E-state index contributed by atoms with van der Waals surface area (Å²) < 4.78 is 11.8. The van der Waals surface area contributed by atoms with E-state index < -0.39 is 27.0 Å². The molecule has 0 radical (unpaired) electrons. The van der Waals surface area contributed by atoms with Gasteiger partial charge in [-0.2, -0.15) is 0 Å². The molecule has 0 saturated carbocycles. The number of alkyl halides is 4. The molecular weight excluding hydrogens is 379 g/mol. The number of hydrogen-bond donors (Lipinski definition) is 0. The molecule has 1 saturated heterocycles. The van der Waals surface area contributed by atoms with Crippen LogP contribution in [0.1, 0.15) is 0 Å². The predicted molar refractivity (Wildman–Crippen MR) is 84.4 cm³/mol. The van der Waals surface area contributed by atoms with E-state index in [0.29, 0.717) is 4.90 Å². The van der Waals surface area contributed by atoms with Crippen molar-refractivity contribution in [2.24, 2.45) is 4.99 Å². The number of anilines is 1. The molecule has 0 spiro atoms. The van der Waals surface area contributed by atoms with Gasteiger partial charge in [-0.05, 0) is 12.1 Å². The molecule has 0 bridgehead atoms. The highest BCUT2D eigenvalue weighted by Gasteiger charge is 2.44. The van der Waals surface area contributed by atoms with Crippen molar-refractivity contribution in [3.63, 3.8) is 0 Å². The lowest BCUT2D eigenvalue weighted by Gasteiger charge is -2.15. The first-order chi connectivity index (χ1) is 10.1. The van der Waals surface area contributed by atoms with E-state index in [9.17, 15) is 14.0 Å². The molecule has 0 aromatic heterocycles. The molecule has 1 aliphatic rings. The second-order valence-electron chi connectivity index (χ2n) is 4.26. The van der Waals surface area contributed by atoms with Crippen LogP contribution in [0.3, 0.4) is 0 Å². The van der Waals surface area contributed by atoms with Crippen LogP contribution in [0, 0.1) is 5.82 Å². The molecule has 0 aliphatic carbocycles. The lowest BCUT2D eigenvalue weighted by molar-refractivity contribution is -0.111. The first-order valence-electron chi connectivity index (χ1n) is 5.80. The molecule has 1 unspecified atom stereocenters. The Kier molecular flexibility index (Phi) is 4.87. The maximum atomic E-state index is 13.8. The Hall–Kier alpha value is -1.08. The molecule has 118 valence electrons. The molecular formula is C12H8Cl4FN3O2. The molecule has 2 rings (SSSR count). The van der Waals surface area contributed by atoms with Gasteiger partial charge in [-0.25, -0.2) is 19.1 Å². The summed E-state index contributed by atoms with van der Waals surface area (Å²) in [5, 5.41) is 0. The van der Waals surface area contributed by atoms with E-state index in [1.165, 1.54) is 25.2 Å². The molecule has 5 nitrogen and oxygen atoms in total. The van der Waals surface area contributed by atoms with Crippen molar-refractivity contribution in [2.45, 2.75) is 9.29 Å². The fourth-order valence-electron chi connectivity index (χ4n) is 1.74. The molecule has 1 heterocycles. The highest BCUT2D eigenvalue weighted by atomic mass is 35.6. The Morgan fingerprint density at radius 2 is 1.82 bits per heavy atom. The van der Waals surface area contributed by atoms with Gasteiger partial charge in [-0.1, -0.05) is 58.5 Å². The number of amidine groups is 1. The van der Waals surface area contributed by atoms with Crippen molar-refractivity contribution < 1.29 is 14.0 Å². The van der Waals surface area contributed by atoms with Crippen molar-refractivity contribution in [2.75, 3.05) is 11.9 Å². The van der Waals surface area contributed by atoms with Crippen molar-refractivity contribution in [3.8, 4) is 0 Å². The molecule has 10 heteroatoms. The molecule has 3 amide bonds. The van der Waals surface area contributed by atoms with Gasteiger partial charge in [0.2, 0.25) is 9.63 Å². The lowest BCUT2D eigenvalue weighted by Crippen LogP contribution is -2.32. The fourth-order valence-corrected chi connectivity index (χ4v) is 1.98. The first kappa shape index (κ1) is 17.3. The smallest absolute Gasteiger partial charge is 0.276 e. The highest BCUT2D eigenvalue weighted by molar-refractivity contribution is 6.70. The topological polar surface area (TPSA) is 53.0 Å². The fraction of sp³-hybridized carbons (Fsp3) is 0.250. The number of urea groups is 1. The summed E-state index contributed by atoms with van der Waals surface area (Å²) in [4.78, 5) is 29.8. The van der Waals surface area contributed by atoms with Crippen LogP contribution in [0.15, 0.2) is 29.3 Å². The summed E-state index contributed by atoms with van der Waals surface area (Å²) >= 11 is 22.5. The zero-order valence-corrected chi connectivity index (χ0v) is 14.0. The van der Waals surface area contributed by atoms with E-state index in [1.807, 2.05) is 0 Å². The van der Waals surface area contributed by atoms with Gasteiger partial charge in [0.25, 0.3) is 0 Å². The number of benzene rings is 1. The Balaban J connectivity index is 2.43. The number of likely N-dealkylation sites (N-methyl/N-ethyl adjacent to an activating group) is 1. The monoisotopic (exact) mass is 385 g/mol. The molecule has 0 N–H and O–H groups in total. The second-order valence-corrected chi connectivity index (χ2v) is 7.05. The van der Waals surface area contributed by atoms with Gasteiger partial charge in [0, 0.05) is 7.05 Å². The standard InChI is InChI=1S/C12H8Cl4FN3O2/c1-19-8(18-10(13)12(14,15)16)9(21)20(11(19)22)7-5-3-2-4-6(7)17/h2-5,10H,1H3. The first-order valence-corrected chi connectivity index (χ1v) is 7.37. The zero-order chi connectivity index (χ0) is 16.7. The minimum absolute atomic E-state index is 0.199. The lowest BCUT2D eigenvalue weighted by atomic mass is 10.3. The number of carbonyl (C=O) groups excluding carboxylic acids is 2. The number of hydrogen-bond acceptors (Lipinski definition) is 3. The van der Waals surface area contributed by atoms with Crippen molar-refractivity contribution >= 4 is 69.9 Å². The number of para-hydroxylation sites is 1. The number of imide groups is 1. The van der Waals surface area contributed by atoms with E-state index in [0.717, 1.165) is 11.0 Å². The van der Waals surface area contributed by atoms with E-state index in [2.05, 4.69) is 4.99 Å². The van der Waals surface area contributed by atoms with Gasteiger partial charge < -0.3 is 0 Å². The minimum atomic E-state index is -1.97. The van der Waals surface area contributed by atoms with Gasteiger partial charge in [0.1, 0.15) is 5.82 Å². The van der Waals surface area contributed by atoms with E-state index in [-0.39, 0.29) is 11.5 Å². The van der Waals surface area contributed by atoms with Gasteiger partial charge in [-0.3, -0.25) is 9.69 Å². The quantitative estimate of drug-likeness (QED) is 0.443. The number of carbonyl (C=O) groups is 2. The summed E-state index contributed by atoms with van der Waals surface area (Å²) in [6.45, 7) is 0. The molecule has 1 fully saturated rings. The Morgan fingerprint density at radius 3 is 2.36 bits per heavy atom. The van der Waals surface area contributed by atoms with E-state index in [4.69, 9.17) is 46.4 Å². The largest absolute Gasteiger partial charge is 0.337 e. The second kappa shape index (κ2) is 6.20. The van der Waals surface area contributed by atoms with Crippen LogP contribution in [0.25, 0.3) is 0 Å². The average molecular weight is 387 g/mol. The SMILES string of the molecule is CN1C(=O)N(c2ccccc2F)C(=O)C1=NC(Cl)C(Cl)(Cl)Cl. The third-order valence-electron chi connectivity index (χ3n) is 2.79. The maximum absolute atomic E-state index is 13.8. The van der Waals surface area contributed by atoms with Crippen LogP contribution in [0.4, 0.5) is 14.9 Å². The Labute approximate surface area is 145 Å². The minimum Gasteiger partial charge on any atom is -0.276 e. The van der Waals surface area contributed by atoms with E-state index in [1.54, 1.807) is 0 Å². The molecule has 1 aromatic rings. The third kappa shape index (κ3) is 3.15. The van der Waals surface area contributed by atoms with Crippen LogP contribution in [-0.4, -0.2) is 39.0 Å². The number of nitrogens with zero attached hydrogens (tertiary/aromatic N) is 3. The Bertz CT molecular complexity index is 662. The van der Waals surface area contributed by atoms with Crippen molar-refractivity contribution in [3.05, 3.63) is 30.1 Å². The zero-order valence-electron chi connectivity index (χ0n) is 10.9. The predicted octanol–water partition coefficient (Wildman–Crippen LogP) is 3.56. The van der Waals surface area contributed by atoms with Gasteiger partial charge in [-0.15, -0.1) is 0 Å². The van der Waals surface area contributed by atoms with Crippen LogP contribution >= 0.6 is 46.4 Å². The summed E-state index contributed by atoms with van der Waals surface area (Å²) in [5.74, 6) is -1.94. The van der Waals surface area contributed by atoms with Crippen LogP contribution in [0.2, 0.25) is 0 Å². The number of amides is 3. The van der Waals surface area contributed by atoms with Gasteiger partial charge in [0.05, 0.1) is 5.69 Å². The molecule has 22 heavy (non-hydrogen) atoms. The third-order valence-corrected chi connectivity index (χ3v) is 4.17. The molecule has 1 aromatic carbocycles. The number of aliphatic imine (C=N–C) groups is 1. The average Bonchev–Trinajstić information content (AvgIpc) is 2.63. The number of halogens is 5. The molecule has 1 aliphatic heterocycles. The van der Waals surface area contributed by atoms with Crippen LogP contribution in [-0.2, 0) is 4.79 Å². The normalized spacial score (nSPS) is 19.3. The van der Waals surface area contributed by atoms with Gasteiger partial charge in [0.15, 0.2) is 5.50 Å². The summed E-state index contributed by atoms with van der Waals surface area (Å²) in [5.41, 5.74) is -1.60. The summed E-state index contributed by atoms with van der Waals surface area (Å²) in [6, 6.07) is 4.54. The van der Waals surface area contributed by atoms with Crippen molar-refractivity contribution in [1.82, 2.24) is 4.90 Å². The summed E-state index contributed by atoms with van der Waals surface area (Å²) in [7, 11) is 1.28. The van der Waals surface area contributed by atoms with Crippen molar-refractivity contribution in [1.29, 1.82) is 0 Å². The van der Waals surface area contributed by atoms with Crippen LogP contribution < -0.4 is 4.90 Å².